The van der Waals surface area contributed by atoms with Crippen LogP contribution in [0, 0.1) is 6.92 Å². The lowest BCUT2D eigenvalue weighted by molar-refractivity contribution is 0.387. The van der Waals surface area contributed by atoms with Crippen LogP contribution in [0.5, 0.6) is 0 Å². The third-order valence-electron chi connectivity index (χ3n) is 4.18. The van der Waals surface area contributed by atoms with Crippen molar-refractivity contribution in [2.45, 2.75) is 19.9 Å². The van der Waals surface area contributed by atoms with Crippen LogP contribution in [0.3, 0.4) is 0 Å². The van der Waals surface area contributed by atoms with Crippen molar-refractivity contribution in [2.24, 2.45) is 4.99 Å². The van der Waals surface area contributed by atoms with Gasteiger partial charge in [-0.05, 0) is 31.5 Å². The number of halogens is 1. The van der Waals surface area contributed by atoms with Crippen LogP contribution in [0.1, 0.15) is 35.5 Å². The highest BCUT2D eigenvalue weighted by Crippen LogP contribution is 2.38. The molecule has 4 heteroatoms. The molecule has 3 nitrogen and oxygen atoms in total. The van der Waals surface area contributed by atoms with E-state index in [2.05, 4.69) is 17.3 Å². The summed E-state index contributed by atoms with van der Waals surface area (Å²) in [5, 5.41) is 4.96. The summed E-state index contributed by atoms with van der Waals surface area (Å²) < 4.78 is 5.42. The zero-order valence-corrected chi connectivity index (χ0v) is 13.6. The van der Waals surface area contributed by atoms with Gasteiger partial charge in [0.15, 0.2) is 0 Å². The number of rotatable bonds is 1. The molecule has 0 spiro atoms. The van der Waals surface area contributed by atoms with Gasteiger partial charge < -0.3 is 4.52 Å². The number of nitrogens with zero attached hydrogens (tertiary/aromatic N) is 2. The maximum atomic E-state index is 6.03. The van der Waals surface area contributed by atoms with E-state index in [1.807, 2.05) is 50.2 Å². The van der Waals surface area contributed by atoms with Crippen LogP contribution in [0.25, 0.3) is 11.1 Å². The van der Waals surface area contributed by atoms with Gasteiger partial charge in [0.05, 0.1) is 17.3 Å². The Hall–Kier alpha value is -2.39. The molecule has 1 atom stereocenters. The molecule has 114 valence electrons. The summed E-state index contributed by atoms with van der Waals surface area (Å²) in [6.45, 7) is 3.99. The molecule has 0 saturated carbocycles. The van der Waals surface area contributed by atoms with Crippen molar-refractivity contribution in [1.82, 2.24) is 5.16 Å². The van der Waals surface area contributed by atoms with Gasteiger partial charge in [-0.2, -0.15) is 0 Å². The molecule has 0 saturated heterocycles. The standard InChI is InChI=1S/C19H15ClN2O/c1-11-18-17(12(2)23-22-18)15-5-3-4-6-16(15)19(21-11)13-7-9-14(20)10-8-13/h3-11H,1-2H3. The molecule has 2 heterocycles. The predicted octanol–water partition coefficient (Wildman–Crippen LogP) is 5.22. The maximum absolute atomic E-state index is 6.03. The second-order valence-electron chi connectivity index (χ2n) is 5.71. The highest BCUT2D eigenvalue weighted by Gasteiger charge is 2.27. The largest absolute Gasteiger partial charge is 0.361 e. The Morgan fingerprint density at radius 3 is 2.43 bits per heavy atom. The van der Waals surface area contributed by atoms with Crippen LogP contribution in [0.2, 0.25) is 5.02 Å². The first-order chi connectivity index (χ1) is 11.1. The Morgan fingerprint density at radius 2 is 1.70 bits per heavy atom. The first-order valence-electron chi connectivity index (χ1n) is 7.55. The summed E-state index contributed by atoms with van der Waals surface area (Å²) in [5.41, 5.74) is 6.15. The van der Waals surface area contributed by atoms with Gasteiger partial charge in [0, 0.05) is 16.1 Å². The first kappa shape index (κ1) is 14.2. The van der Waals surface area contributed by atoms with Gasteiger partial charge in [-0.1, -0.05) is 53.2 Å². The molecule has 0 amide bonds. The molecule has 0 fully saturated rings. The number of hydrogen-bond donors (Lipinski definition) is 0. The molecular weight excluding hydrogens is 308 g/mol. The maximum Gasteiger partial charge on any atom is 0.141 e. The summed E-state index contributed by atoms with van der Waals surface area (Å²) in [5.74, 6) is 0.826. The highest BCUT2D eigenvalue weighted by molar-refractivity contribution is 6.30. The topological polar surface area (TPSA) is 38.4 Å². The lowest BCUT2D eigenvalue weighted by Crippen LogP contribution is -2.05. The van der Waals surface area contributed by atoms with Crippen LogP contribution in [-0.4, -0.2) is 10.9 Å². The van der Waals surface area contributed by atoms with Crippen molar-refractivity contribution < 1.29 is 4.52 Å². The quantitative estimate of drug-likeness (QED) is 0.616. The zero-order valence-electron chi connectivity index (χ0n) is 12.9. The number of aromatic nitrogens is 1. The Balaban J connectivity index is 2.00. The minimum Gasteiger partial charge on any atom is -0.361 e. The lowest BCUT2D eigenvalue weighted by Gasteiger charge is -2.10. The van der Waals surface area contributed by atoms with Crippen molar-refractivity contribution in [3.05, 3.63) is 76.1 Å². The Bertz CT molecular complexity index is 909. The van der Waals surface area contributed by atoms with Gasteiger partial charge in [-0.3, -0.25) is 4.99 Å². The molecular formula is C19H15ClN2O. The van der Waals surface area contributed by atoms with Crippen molar-refractivity contribution in [2.75, 3.05) is 0 Å². The second-order valence-corrected chi connectivity index (χ2v) is 6.14. The van der Waals surface area contributed by atoms with Crippen LogP contribution in [0.15, 0.2) is 58.0 Å². The third kappa shape index (κ3) is 2.28. The predicted molar refractivity (Wildman–Crippen MR) is 92.2 cm³/mol. The van der Waals surface area contributed by atoms with Crippen LogP contribution in [-0.2, 0) is 0 Å². The summed E-state index contributed by atoms with van der Waals surface area (Å²) in [4.78, 5) is 4.92. The Kier molecular flexibility index (Phi) is 3.31. The molecule has 2 aromatic carbocycles. The Morgan fingerprint density at radius 1 is 1.00 bits per heavy atom. The normalized spacial score (nSPS) is 16.3. The van der Waals surface area contributed by atoms with Crippen molar-refractivity contribution >= 4 is 17.3 Å². The fraction of sp³-hybridized carbons (Fsp3) is 0.158. The van der Waals surface area contributed by atoms with Gasteiger partial charge >= 0.3 is 0 Å². The van der Waals surface area contributed by atoms with Gasteiger partial charge in [0.2, 0.25) is 0 Å². The molecule has 0 N–H and O–H groups in total. The van der Waals surface area contributed by atoms with Gasteiger partial charge in [-0.25, -0.2) is 0 Å². The number of aryl methyl sites for hydroxylation is 1. The molecule has 0 radical (unpaired) electrons. The molecule has 23 heavy (non-hydrogen) atoms. The van der Waals surface area contributed by atoms with E-state index in [1.54, 1.807) is 0 Å². The van der Waals surface area contributed by atoms with E-state index in [0.29, 0.717) is 0 Å². The molecule has 4 rings (SSSR count). The van der Waals surface area contributed by atoms with Crippen molar-refractivity contribution in [3.63, 3.8) is 0 Å². The monoisotopic (exact) mass is 322 g/mol. The van der Waals surface area contributed by atoms with Gasteiger partial charge in [0.1, 0.15) is 11.5 Å². The van der Waals surface area contributed by atoms with Crippen LogP contribution < -0.4 is 0 Å². The van der Waals surface area contributed by atoms with Gasteiger partial charge in [-0.15, -0.1) is 0 Å². The summed E-state index contributed by atoms with van der Waals surface area (Å²) in [6.07, 6.45) is 0. The molecule has 1 aliphatic heterocycles. The van der Waals surface area contributed by atoms with E-state index in [9.17, 15) is 0 Å². The fourth-order valence-electron chi connectivity index (χ4n) is 3.07. The molecule has 0 aliphatic carbocycles. The van der Waals surface area contributed by atoms with Crippen LogP contribution >= 0.6 is 11.6 Å². The molecule has 3 aromatic rings. The molecule has 1 unspecified atom stereocenters. The van der Waals surface area contributed by atoms with E-state index >= 15 is 0 Å². The van der Waals surface area contributed by atoms with E-state index in [-0.39, 0.29) is 6.04 Å². The number of aliphatic imine (C=N–C) groups is 1. The summed E-state index contributed by atoms with van der Waals surface area (Å²) in [6, 6.07) is 16.0. The van der Waals surface area contributed by atoms with E-state index in [1.165, 1.54) is 0 Å². The van der Waals surface area contributed by atoms with E-state index in [0.717, 1.165) is 44.4 Å². The average molecular weight is 323 g/mol. The zero-order chi connectivity index (χ0) is 16.0. The molecule has 1 aliphatic rings. The summed E-state index contributed by atoms with van der Waals surface area (Å²) >= 11 is 6.03. The fourth-order valence-corrected chi connectivity index (χ4v) is 3.20. The van der Waals surface area contributed by atoms with E-state index < -0.39 is 0 Å². The summed E-state index contributed by atoms with van der Waals surface area (Å²) in [7, 11) is 0. The molecule has 1 aromatic heterocycles. The minimum absolute atomic E-state index is 0.0690. The van der Waals surface area contributed by atoms with Crippen LogP contribution in [0.4, 0.5) is 0 Å². The third-order valence-corrected chi connectivity index (χ3v) is 4.43. The van der Waals surface area contributed by atoms with Gasteiger partial charge in [0.25, 0.3) is 0 Å². The molecule has 0 bridgehead atoms. The highest BCUT2D eigenvalue weighted by atomic mass is 35.5. The van der Waals surface area contributed by atoms with Crippen molar-refractivity contribution in [3.8, 4) is 11.1 Å². The first-order valence-corrected chi connectivity index (χ1v) is 7.92. The SMILES string of the molecule is Cc1onc2c1-c1ccccc1C(c1ccc(Cl)cc1)=NC2C. The second kappa shape index (κ2) is 5.36. The lowest BCUT2D eigenvalue weighted by atomic mass is 9.93. The van der Waals surface area contributed by atoms with E-state index in [4.69, 9.17) is 21.1 Å². The van der Waals surface area contributed by atoms with Crippen molar-refractivity contribution in [1.29, 1.82) is 0 Å². The number of benzene rings is 2. The number of hydrogen-bond acceptors (Lipinski definition) is 3. The number of fused-ring (bicyclic) bond motifs is 3. The average Bonchev–Trinajstić information content (AvgIpc) is 2.89. The Labute approximate surface area is 139 Å². The minimum atomic E-state index is -0.0690. The smallest absolute Gasteiger partial charge is 0.141 e.